The average molecular weight is 351 g/mol. The molecule has 0 aromatic heterocycles. The van der Waals surface area contributed by atoms with Crippen molar-refractivity contribution in [2.24, 2.45) is 5.92 Å². The van der Waals surface area contributed by atoms with Gasteiger partial charge in [-0.05, 0) is 62.7 Å². The maximum Gasteiger partial charge on any atom is 0.253 e. The number of hydrogen-bond acceptors (Lipinski definition) is 3. The van der Waals surface area contributed by atoms with Crippen molar-refractivity contribution in [3.8, 4) is 0 Å². The Morgan fingerprint density at radius 3 is 2.54 bits per heavy atom. The molecule has 1 N–H and O–H groups in total. The molecule has 1 aliphatic heterocycles. The second-order valence-corrected chi connectivity index (χ2v) is 7.01. The molecule has 1 amide bonds. The first-order valence-electron chi connectivity index (χ1n) is 9.54. The molecular weight excluding hydrogens is 322 g/mol. The number of hydrogen-bond donors (Lipinski definition) is 1. The summed E-state index contributed by atoms with van der Waals surface area (Å²) < 4.78 is 0. The normalized spacial score (nSPS) is 16.7. The van der Waals surface area contributed by atoms with E-state index < -0.39 is 0 Å². The second-order valence-electron chi connectivity index (χ2n) is 7.01. The van der Waals surface area contributed by atoms with Crippen molar-refractivity contribution < 1.29 is 4.79 Å². The van der Waals surface area contributed by atoms with Gasteiger partial charge in [-0.25, -0.2) is 0 Å². The van der Waals surface area contributed by atoms with E-state index in [1.54, 1.807) is 0 Å². The van der Waals surface area contributed by atoms with E-state index in [-0.39, 0.29) is 5.91 Å². The maximum absolute atomic E-state index is 12.7. The summed E-state index contributed by atoms with van der Waals surface area (Å²) in [5, 5.41) is 3.21. The predicted molar refractivity (Wildman–Crippen MR) is 108 cm³/mol. The Hall–Kier alpha value is -2.33. The van der Waals surface area contributed by atoms with Gasteiger partial charge in [0.25, 0.3) is 5.91 Å². The lowest BCUT2D eigenvalue weighted by atomic mass is 10.1. The Kier molecular flexibility index (Phi) is 6.29. The third-order valence-electron chi connectivity index (χ3n) is 5.14. The standard InChI is InChI=1S/C22H29N3O/c1-3-24(16-18-7-5-4-6-8-18)21-11-9-20(10-12-21)22(26)25-14-13-19(17-25)15-23-2/h4-12,19,23H,3,13-17H2,1-2H3. The van der Waals surface area contributed by atoms with E-state index in [2.05, 4.69) is 53.5 Å². The number of amides is 1. The Morgan fingerprint density at radius 2 is 1.88 bits per heavy atom. The number of benzene rings is 2. The molecule has 0 saturated carbocycles. The number of carbonyl (C=O) groups excluding carboxylic acids is 1. The molecular formula is C22H29N3O. The van der Waals surface area contributed by atoms with Gasteiger partial charge in [0, 0.05) is 37.4 Å². The minimum absolute atomic E-state index is 0.154. The first kappa shape index (κ1) is 18.5. The SMILES string of the molecule is CCN(Cc1ccccc1)c1ccc(C(=O)N2CCC(CNC)C2)cc1. The molecule has 1 saturated heterocycles. The minimum atomic E-state index is 0.154. The van der Waals surface area contributed by atoms with Crippen LogP contribution in [0.2, 0.25) is 0 Å². The summed E-state index contributed by atoms with van der Waals surface area (Å²) in [5.41, 5.74) is 3.24. The fourth-order valence-electron chi connectivity index (χ4n) is 3.66. The van der Waals surface area contributed by atoms with Crippen molar-refractivity contribution in [1.82, 2.24) is 10.2 Å². The van der Waals surface area contributed by atoms with Crippen molar-refractivity contribution in [3.63, 3.8) is 0 Å². The highest BCUT2D eigenvalue weighted by Gasteiger charge is 2.26. The van der Waals surface area contributed by atoms with Gasteiger partial charge >= 0.3 is 0 Å². The van der Waals surface area contributed by atoms with Crippen LogP contribution in [0.4, 0.5) is 5.69 Å². The van der Waals surface area contributed by atoms with Crippen LogP contribution in [0.5, 0.6) is 0 Å². The van der Waals surface area contributed by atoms with Gasteiger partial charge in [-0.15, -0.1) is 0 Å². The number of nitrogens with one attached hydrogen (secondary N) is 1. The van der Waals surface area contributed by atoms with Crippen LogP contribution in [0.1, 0.15) is 29.3 Å². The number of anilines is 1. The second kappa shape index (κ2) is 8.86. The van der Waals surface area contributed by atoms with Crippen LogP contribution in [0.3, 0.4) is 0 Å². The van der Waals surface area contributed by atoms with Crippen molar-refractivity contribution in [1.29, 1.82) is 0 Å². The van der Waals surface area contributed by atoms with Crippen molar-refractivity contribution in [2.45, 2.75) is 19.9 Å². The summed E-state index contributed by atoms with van der Waals surface area (Å²) in [5.74, 6) is 0.728. The quantitative estimate of drug-likeness (QED) is 0.830. The number of nitrogens with zero attached hydrogens (tertiary/aromatic N) is 2. The van der Waals surface area contributed by atoms with E-state index in [0.717, 1.165) is 50.4 Å². The van der Waals surface area contributed by atoms with Crippen LogP contribution in [-0.2, 0) is 6.54 Å². The van der Waals surface area contributed by atoms with E-state index in [9.17, 15) is 4.79 Å². The lowest BCUT2D eigenvalue weighted by molar-refractivity contribution is 0.0787. The zero-order chi connectivity index (χ0) is 18.4. The van der Waals surface area contributed by atoms with Crippen LogP contribution < -0.4 is 10.2 Å². The monoisotopic (exact) mass is 351 g/mol. The van der Waals surface area contributed by atoms with Gasteiger partial charge in [-0.3, -0.25) is 4.79 Å². The topological polar surface area (TPSA) is 35.6 Å². The van der Waals surface area contributed by atoms with Gasteiger partial charge in [0.2, 0.25) is 0 Å². The summed E-state index contributed by atoms with van der Waals surface area (Å²) in [6.07, 6.45) is 1.09. The molecule has 2 aromatic carbocycles. The molecule has 26 heavy (non-hydrogen) atoms. The van der Waals surface area contributed by atoms with Crippen LogP contribution >= 0.6 is 0 Å². The number of rotatable bonds is 7. The number of carbonyl (C=O) groups is 1. The van der Waals surface area contributed by atoms with Crippen molar-refractivity contribution in [3.05, 3.63) is 65.7 Å². The molecule has 1 unspecified atom stereocenters. The van der Waals surface area contributed by atoms with Crippen LogP contribution in [-0.4, -0.2) is 44.0 Å². The van der Waals surface area contributed by atoms with E-state index in [1.807, 2.05) is 30.1 Å². The summed E-state index contributed by atoms with van der Waals surface area (Å²) >= 11 is 0. The van der Waals surface area contributed by atoms with E-state index >= 15 is 0 Å². The number of likely N-dealkylation sites (tertiary alicyclic amines) is 1. The van der Waals surface area contributed by atoms with Gasteiger partial charge < -0.3 is 15.1 Å². The molecule has 138 valence electrons. The Labute approximate surface area is 156 Å². The van der Waals surface area contributed by atoms with Gasteiger partial charge in [0.05, 0.1) is 0 Å². The Bertz CT molecular complexity index is 699. The minimum Gasteiger partial charge on any atom is -0.367 e. The highest BCUT2D eigenvalue weighted by Crippen LogP contribution is 2.21. The fraction of sp³-hybridized carbons (Fsp3) is 0.409. The summed E-state index contributed by atoms with van der Waals surface area (Å²) in [6, 6.07) is 18.6. The predicted octanol–water partition coefficient (Wildman–Crippen LogP) is 3.39. The van der Waals surface area contributed by atoms with E-state index in [1.165, 1.54) is 5.56 Å². The molecule has 0 spiro atoms. The lowest BCUT2D eigenvalue weighted by Crippen LogP contribution is -2.30. The molecule has 1 heterocycles. The van der Waals surface area contributed by atoms with Crippen molar-refractivity contribution in [2.75, 3.05) is 38.1 Å². The average Bonchev–Trinajstić information content (AvgIpc) is 3.15. The molecule has 1 atom stereocenters. The summed E-state index contributed by atoms with van der Waals surface area (Å²) in [7, 11) is 1.97. The maximum atomic E-state index is 12.7. The Morgan fingerprint density at radius 1 is 1.15 bits per heavy atom. The van der Waals surface area contributed by atoms with Gasteiger partial charge in [0.15, 0.2) is 0 Å². The highest BCUT2D eigenvalue weighted by atomic mass is 16.2. The van der Waals surface area contributed by atoms with Crippen molar-refractivity contribution >= 4 is 11.6 Å². The zero-order valence-electron chi connectivity index (χ0n) is 15.8. The molecule has 0 radical (unpaired) electrons. The first-order chi connectivity index (χ1) is 12.7. The fourth-order valence-corrected chi connectivity index (χ4v) is 3.66. The first-order valence-corrected chi connectivity index (χ1v) is 9.54. The van der Waals surface area contributed by atoms with Crippen LogP contribution in [0.25, 0.3) is 0 Å². The third kappa shape index (κ3) is 4.44. The highest BCUT2D eigenvalue weighted by molar-refractivity contribution is 5.94. The summed E-state index contributed by atoms with van der Waals surface area (Å²) in [6.45, 7) is 6.67. The van der Waals surface area contributed by atoms with Crippen LogP contribution in [0, 0.1) is 5.92 Å². The molecule has 3 rings (SSSR count). The molecule has 1 fully saturated rings. The van der Waals surface area contributed by atoms with Gasteiger partial charge in [-0.1, -0.05) is 30.3 Å². The summed E-state index contributed by atoms with van der Waals surface area (Å²) in [4.78, 5) is 17.0. The zero-order valence-corrected chi connectivity index (χ0v) is 15.8. The Balaban J connectivity index is 1.64. The molecule has 0 aliphatic carbocycles. The molecule has 1 aliphatic rings. The molecule has 4 heteroatoms. The smallest absolute Gasteiger partial charge is 0.253 e. The van der Waals surface area contributed by atoms with Crippen LogP contribution in [0.15, 0.2) is 54.6 Å². The molecule has 2 aromatic rings. The van der Waals surface area contributed by atoms with E-state index in [0.29, 0.717) is 5.92 Å². The lowest BCUT2D eigenvalue weighted by Gasteiger charge is -2.24. The van der Waals surface area contributed by atoms with Gasteiger partial charge in [0.1, 0.15) is 0 Å². The molecule has 0 bridgehead atoms. The van der Waals surface area contributed by atoms with E-state index in [4.69, 9.17) is 0 Å². The van der Waals surface area contributed by atoms with Gasteiger partial charge in [-0.2, -0.15) is 0 Å². The largest absolute Gasteiger partial charge is 0.367 e. The third-order valence-corrected chi connectivity index (χ3v) is 5.14. The molecule has 4 nitrogen and oxygen atoms in total.